The Morgan fingerprint density at radius 2 is 1.76 bits per heavy atom. The van der Waals surface area contributed by atoms with Gasteiger partial charge in [-0.1, -0.05) is 47.6 Å². The van der Waals surface area contributed by atoms with Gasteiger partial charge in [-0.05, 0) is 49.4 Å². The predicted octanol–water partition coefficient (Wildman–Crippen LogP) is 5.90. The van der Waals surface area contributed by atoms with Gasteiger partial charge >= 0.3 is 0 Å². The Morgan fingerprint density at radius 1 is 1.00 bits per heavy atom. The van der Waals surface area contributed by atoms with Crippen LogP contribution in [0.1, 0.15) is 23.4 Å². The molecule has 1 amide bonds. The van der Waals surface area contributed by atoms with Gasteiger partial charge in [0.1, 0.15) is 23.0 Å². The molecular formula is C30H27FN4O3. The molecule has 0 aliphatic carbocycles. The van der Waals surface area contributed by atoms with Crippen molar-refractivity contribution in [3.05, 3.63) is 108 Å². The van der Waals surface area contributed by atoms with Crippen molar-refractivity contribution in [3.63, 3.8) is 0 Å². The van der Waals surface area contributed by atoms with Crippen molar-refractivity contribution in [2.75, 3.05) is 7.11 Å². The largest absolute Gasteiger partial charge is 0.497 e. The molecule has 192 valence electrons. The minimum absolute atomic E-state index is 0.115. The van der Waals surface area contributed by atoms with Crippen LogP contribution in [0, 0.1) is 12.7 Å². The summed E-state index contributed by atoms with van der Waals surface area (Å²) in [6.07, 6.45) is 0.665. The molecule has 0 spiro atoms. The van der Waals surface area contributed by atoms with Crippen molar-refractivity contribution in [2.24, 2.45) is 0 Å². The van der Waals surface area contributed by atoms with Crippen LogP contribution in [0.2, 0.25) is 0 Å². The smallest absolute Gasteiger partial charge is 0.220 e. The van der Waals surface area contributed by atoms with Gasteiger partial charge in [-0.15, -0.1) is 0 Å². The molecule has 0 saturated heterocycles. The molecule has 0 unspecified atom stereocenters. The van der Waals surface area contributed by atoms with E-state index in [1.165, 1.54) is 12.1 Å². The second kappa shape index (κ2) is 11.1. The first-order chi connectivity index (χ1) is 18.5. The Bertz CT molecular complexity index is 1540. The molecule has 0 aliphatic rings. The third-order valence-electron chi connectivity index (χ3n) is 6.30. The Labute approximate surface area is 219 Å². The van der Waals surface area contributed by atoms with Crippen molar-refractivity contribution >= 4 is 5.91 Å². The number of amides is 1. The average molecular weight is 511 g/mol. The van der Waals surface area contributed by atoms with Crippen molar-refractivity contribution in [1.29, 1.82) is 0 Å². The second-order valence-corrected chi connectivity index (χ2v) is 8.85. The lowest BCUT2D eigenvalue weighted by molar-refractivity contribution is -0.121. The summed E-state index contributed by atoms with van der Waals surface area (Å²) in [4.78, 5) is 12.8. The second-order valence-electron chi connectivity index (χ2n) is 8.85. The van der Waals surface area contributed by atoms with Crippen LogP contribution in [0.5, 0.6) is 5.75 Å². The Morgan fingerprint density at radius 3 is 2.50 bits per heavy atom. The maximum atomic E-state index is 14.0. The summed E-state index contributed by atoms with van der Waals surface area (Å²) in [6, 6.07) is 25.5. The van der Waals surface area contributed by atoms with Crippen LogP contribution in [-0.2, 0) is 17.8 Å². The van der Waals surface area contributed by atoms with Crippen molar-refractivity contribution in [3.8, 4) is 34.0 Å². The molecule has 7 nitrogen and oxygen atoms in total. The maximum absolute atomic E-state index is 14.0. The summed E-state index contributed by atoms with van der Waals surface area (Å²) < 4.78 is 26.4. The Hall–Kier alpha value is -4.72. The quantitative estimate of drug-likeness (QED) is 0.267. The predicted molar refractivity (Wildman–Crippen MR) is 142 cm³/mol. The maximum Gasteiger partial charge on any atom is 0.220 e. The fourth-order valence-electron chi connectivity index (χ4n) is 4.27. The number of halogens is 1. The molecule has 0 atom stereocenters. The molecular weight excluding hydrogens is 483 g/mol. The third kappa shape index (κ3) is 5.49. The van der Waals surface area contributed by atoms with Gasteiger partial charge in [-0.2, -0.15) is 5.10 Å². The monoisotopic (exact) mass is 510 g/mol. The molecule has 5 rings (SSSR count). The summed E-state index contributed by atoms with van der Waals surface area (Å²) in [5, 5.41) is 11.9. The first-order valence-corrected chi connectivity index (χ1v) is 12.3. The summed E-state index contributed by atoms with van der Waals surface area (Å²) in [7, 11) is 1.61. The fraction of sp³-hybridized carbons (Fsp3) is 0.167. The highest BCUT2D eigenvalue weighted by molar-refractivity contribution is 5.76. The molecule has 3 aromatic carbocycles. The molecule has 0 saturated carbocycles. The number of aromatic nitrogens is 3. The van der Waals surface area contributed by atoms with E-state index in [0.29, 0.717) is 24.3 Å². The zero-order valence-corrected chi connectivity index (χ0v) is 21.1. The number of hydrogen-bond donors (Lipinski definition) is 1. The number of methoxy groups -OCH3 is 1. The highest BCUT2D eigenvalue weighted by atomic mass is 19.1. The Balaban J connectivity index is 1.31. The summed E-state index contributed by atoms with van der Waals surface area (Å²) in [6.45, 7) is 2.15. The van der Waals surface area contributed by atoms with Crippen LogP contribution >= 0.6 is 0 Å². The average Bonchev–Trinajstić information content (AvgIpc) is 3.55. The van der Waals surface area contributed by atoms with Crippen molar-refractivity contribution in [2.45, 2.75) is 26.3 Å². The van der Waals surface area contributed by atoms with Gasteiger partial charge in [0.2, 0.25) is 5.91 Å². The number of nitrogens with zero attached hydrogens (tertiary/aromatic N) is 3. The van der Waals surface area contributed by atoms with E-state index in [4.69, 9.17) is 14.4 Å². The van der Waals surface area contributed by atoms with Gasteiger partial charge in [0.05, 0.1) is 24.2 Å². The molecule has 8 heteroatoms. The van der Waals surface area contributed by atoms with Crippen LogP contribution in [-0.4, -0.2) is 28.0 Å². The first-order valence-electron chi connectivity index (χ1n) is 12.3. The summed E-state index contributed by atoms with van der Waals surface area (Å²) >= 11 is 0. The molecule has 1 N–H and O–H groups in total. The van der Waals surface area contributed by atoms with Crippen LogP contribution in [0.25, 0.3) is 28.2 Å². The topological polar surface area (TPSA) is 82.2 Å². The highest BCUT2D eigenvalue weighted by Crippen LogP contribution is 2.27. The van der Waals surface area contributed by atoms with E-state index < -0.39 is 0 Å². The standard InChI is InChI=1S/C30H27FN4O3/c1-20-27(30(34-38-20)21-7-4-3-5-8-21)19-32-29(36)16-11-24-18-28(22-9-6-10-23(31)17-22)35(33-24)25-12-14-26(37-2)15-13-25/h3-10,12-15,17-18H,11,16,19H2,1-2H3,(H,32,36). The number of hydrogen-bond acceptors (Lipinski definition) is 5. The van der Waals surface area contributed by atoms with E-state index in [1.54, 1.807) is 17.9 Å². The van der Waals surface area contributed by atoms with Gasteiger partial charge in [0.15, 0.2) is 0 Å². The van der Waals surface area contributed by atoms with E-state index in [0.717, 1.165) is 39.6 Å². The minimum Gasteiger partial charge on any atom is -0.497 e. The van der Waals surface area contributed by atoms with E-state index >= 15 is 0 Å². The fourth-order valence-corrected chi connectivity index (χ4v) is 4.27. The SMILES string of the molecule is COc1ccc(-n2nc(CCC(=O)NCc3c(-c4ccccc4)noc3C)cc2-c2cccc(F)c2)cc1. The van der Waals surface area contributed by atoms with E-state index in [9.17, 15) is 9.18 Å². The number of carbonyl (C=O) groups excluding carboxylic acids is 1. The normalized spacial score (nSPS) is 10.9. The minimum atomic E-state index is -0.329. The number of benzene rings is 3. The molecule has 38 heavy (non-hydrogen) atoms. The number of rotatable bonds is 9. The van der Waals surface area contributed by atoms with E-state index in [-0.39, 0.29) is 18.1 Å². The summed E-state index contributed by atoms with van der Waals surface area (Å²) in [5.41, 5.74) is 5.46. The van der Waals surface area contributed by atoms with Gasteiger partial charge in [0.25, 0.3) is 0 Å². The van der Waals surface area contributed by atoms with Crippen molar-refractivity contribution < 1.29 is 18.4 Å². The lowest BCUT2D eigenvalue weighted by atomic mass is 10.1. The zero-order valence-electron chi connectivity index (χ0n) is 21.1. The Kier molecular flexibility index (Phi) is 7.31. The molecule has 2 aromatic heterocycles. The first kappa shape index (κ1) is 25.0. The van der Waals surface area contributed by atoms with Crippen LogP contribution in [0.15, 0.2) is 89.5 Å². The van der Waals surface area contributed by atoms with Gasteiger partial charge < -0.3 is 14.6 Å². The molecule has 0 fully saturated rings. The number of carbonyl (C=O) groups is 1. The molecule has 2 heterocycles. The third-order valence-corrected chi connectivity index (χ3v) is 6.30. The van der Waals surface area contributed by atoms with Crippen LogP contribution in [0.4, 0.5) is 4.39 Å². The van der Waals surface area contributed by atoms with Gasteiger partial charge in [-0.3, -0.25) is 4.79 Å². The number of nitrogens with one attached hydrogen (secondary N) is 1. The van der Waals surface area contributed by atoms with Crippen LogP contribution < -0.4 is 10.1 Å². The molecule has 0 aliphatic heterocycles. The zero-order chi connectivity index (χ0) is 26.5. The van der Waals surface area contributed by atoms with E-state index in [1.807, 2.05) is 73.7 Å². The number of ether oxygens (including phenoxy) is 1. The lowest BCUT2D eigenvalue weighted by Crippen LogP contribution is -2.23. The number of aryl methyl sites for hydroxylation is 2. The van der Waals surface area contributed by atoms with Crippen molar-refractivity contribution in [1.82, 2.24) is 20.3 Å². The summed E-state index contributed by atoms with van der Waals surface area (Å²) in [5.74, 6) is 0.950. The van der Waals surface area contributed by atoms with Crippen LogP contribution in [0.3, 0.4) is 0 Å². The molecule has 0 bridgehead atoms. The molecule has 5 aromatic rings. The molecule has 0 radical (unpaired) electrons. The lowest BCUT2D eigenvalue weighted by Gasteiger charge is -2.08. The highest BCUT2D eigenvalue weighted by Gasteiger charge is 2.17. The van der Waals surface area contributed by atoms with E-state index in [2.05, 4.69) is 10.5 Å². The van der Waals surface area contributed by atoms with Gasteiger partial charge in [0, 0.05) is 36.1 Å². The van der Waals surface area contributed by atoms with Gasteiger partial charge in [-0.25, -0.2) is 9.07 Å².